The van der Waals surface area contributed by atoms with Gasteiger partial charge in [0.25, 0.3) is 0 Å². The molecule has 3 unspecified atom stereocenters. The molecular formula is C18H23NO2S. The highest BCUT2D eigenvalue weighted by Crippen LogP contribution is 2.23. The van der Waals surface area contributed by atoms with Gasteiger partial charge in [-0.05, 0) is 37.3 Å². The van der Waals surface area contributed by atoms with E-state index in [4.69, 9.17) is 0 Å². The summed E-state index contributed by atoms with van der Waals surface area (Å²) in [5, 5.41) is 14.7. The predicted octanol–water partition coefficient (Wildman–Crippen LogP) is 3.52. The molecule has 1 aromatic carbocycles. The molecule has 2 rings (SSSR count). The number of rotatable bonds is 7. The summed E-state index contributed by atoms with van der Waals surface area (Å²) in [6.07, 6.45) is 0.245. The van der Waals surface area contributed by atoms with Crippen molar-refractivity contribution >= 4 is 17.2 Å². The second-order valence-corrected chi connectivity index (χ2v) is 6.65. The maximum atomic E-state index is 12.3. The van der Waals surface area contributed by atoms with Crippen LogP contribution in [0.3, 0.4) is 0 Å². The zero-order valence-electron chi connectivity index (χ0n) is 13.0. The van der Waals surface area contributed by atoms with Crippen molar-refractivity contribution in [1.82, 2.24) is 5.32 Å². The Morgan fingerprint density at radius 1 is 1.18 bits per heavy atom. The van der Waals surface area contributed by atoms with Crippen LogP contribution in [0.25, 0.3) is 0 Å². The van der Waals surface area contributed by atoms with Crippen molar-refractivity contribution in [2.24, 2.45) is 0 Å². The van der Waals surface area contributed by atoms with Gasteiger partial charge in [-0.25, -0.2) is 0 Å². The van der Waals surface area contributed by atoms with E-state index in [1.54, 1.807) is 18.3 Å². The molecule has 0 aliphatic rings. The van der Waals surface area contributed by atoms with Crippen LogP contribution in [0.2, 0.25) is 0 Å². The van der Waals surface area contributed by atoms with Crippen molar-refractivity contribution in [3.63, 3.8) is 0 Å². The van der Waals surface area contributed by atoms with Gasteiger partial charge in [0.1, 0.15) is 0 Å². The summed E-state index contributed by atoms with van der Waals surface area (Å²) in [5.74, 6) is 0.0256. The molecule has 0 spiro atoms. The molecule has 1 amide bonds. The minimum absolute atomic E-state index is 0.0361. The fraction of sp³-hybridized carbons (Fsp3) is 0.389. The quantitative estimate of drug-likeness (QED) is 0.821. The van der Waals surface area contributed by atoms with Crippen molar-refractivity contribution in [3.8, 4) is 0 Å². The monoisotopic (exact) mass is 317 g/mol. The highest BCUT2D eigenvalue weighted by Gasteiger charge is 2.19. The van der Waals surface area contributed by atoms with E-state index in [-0.39, 0.29) is 17.7 Å². The van der Waals surface area contributed by atoms with Crippen LogP contribution in [0, 0.1) is 0 Å². The number of carbonyl (C=O) groups excluding carboxylic acids is 1. The first-order valence-corrected chi connectivity index (χ1v) is 8.50. The molecule has 0 aliphatic carbocycles. The van der Waals surface area contributed by atoms with Crippen LogP contribution in [0.5, 0.6) is 0 Å². The Morgan fingerprint density at radius 3 is 2.50 bits per heavy atom. The first-order valence-electron chi connectivity index (χ1n) is 7.62. The van der Waals surface area contributed by atoms with Gasteiger partial charge in [-0.1, -0.05) is 36.4 Å². The molecule has 0 saturated heterocycles. The molecule has 3 atom stereocenters. The number of amides is 1. The van der Waals surface area contributed by atoms with Gasteiger partial charge in [-0.3, -0.25) is 4.79 Å². The number of hydrogen-bond acceptors (Lipinski definition) is 3. The van der Waals surface area contributed by atoms with Crippen LogP contribution in [-0.4, -0.2) is 23.7 Å². The Hall–Kier alpha value is -1.65. The van der Waals surface area contributed by atoms with Crippen molar-refractivity contribution in [1.29, 1.82) is 0 Å². The van der Waals surface area contributed by atoms with E-state index in [2.05, 4.69) is 5.32 Å². The third-order valence-corrected chi connectivity index (χ3v) is 4.84. The van der Waals surface area contributed by atoms with Gasteiger partial charge < -0.3 is 10.4 Å². The van der Waals surface area contributed by atoms with Crippen LogP contribution >= 0.6 is 11.3 Å². The lowest BCUT2D eigenvalue weighted by Gasteiger charge is -2.20. The van der Waals surface area contributed by atoms with Gasteiger partial charge in [0.15, 0.2) is 0 Å². The maximum Gasteiger partial charge on any atom is 0.228 e. The highest BCUT2D eigenvalue weighted by molar-refractivity contribution is 7.10. The van der Waals surface area contributed by atoms with E-state index in [0.717, 1.165) is 10.4 Å². The lowest BCUT2D eigenvalue weighted by Crippen LogP contribution is -2.32. The van der Waals surface area contributed by atoms with Crippen molar-refractivity contribution in [3.05, 3.63) is 58.3 Å². The van der Waals surface area contributed by atoms with Crippen LogP contribution in [0.1, 0.15) is 42.5 Å². The SMILES string of the molecule is CC(O)CC(CNC(=O)C(C)c1cccs1)c1ccccc1. The fourth-order valence-corrected chi connectivity index (χ4v) is 3.30. The molecule has 0 fully saturated rings. The zero-order chi connectivity index (χ0) is 15.9. The number of carbonyl (C=O) groups is 1. The van der Waals surface area contributed by atoms with Gasteiger partial charge in [0, 0.05) is 17.3 Å². The number of nitrogens with one attached hydrogen (secondary N) is 1. The first kappa shape index (κ1) is 16.7. The van der Waals surface area contributed by atoms with Crippen molar-refractivity contribution < 1.29 is 9.90 Å². The lowest BCUT2D eigenvalue weighted by atomic mass is 9.93. The van der Waals surface area contributed by atoms with Gasteiger partial charge in [0.2, 0.25) is 5.91 Å². The van der Waals surface area contributed by atoms with Crippen LogP contribution in [0.15, 0.2) is 47.8 Å². The standard InChI is InChI=1S/C18H23NO2S/c1-13(20)11-16(15-7-4-3-5-8-15)12-19-18(21)14(2)17-9-6-10-22-17/h3-10,13-14,16,20H,11-12H2,1-2H3,(H,19,21). The molecule has 118 valence electrons. The van der Waals surface area contributed by atoms with E-state index in [9.17, 15) is 9.90 Å². The van der Waals surface area contributed by atoms with E-state index < -0.39 is 6.10 Å². The predicted molar refractivity (Wildman–Crippen MR) is 91.2 cm³/mol. The third kappa shape index (κ3) is 4.68. The largest absolute Gasteiger partial charge is 0.393 e. The molecule has 22 heavy (non-hydrogen) atoms. The molecule has 4 heteroatoms. The molecule has 0 aliphatic heterocycles. The smallest absolute Gasteiger partial charge is 0.228 e. The molecule has 2 aromatic rings. The molecule has 1 heterocycles. The molecular weight excluding hydrogens is 294 g/mol. The van der Waals surface area contributed by atoms with Gasteiger partial charge in [0.05, 0.1) is 12.0 Å². The maximum absolute atomic E-state index is 12.3. The zero-order valence-corrected chi connectivity index (χ0v) is 13.8. The first-order chi connectivity index (χ1) is 10.6. The van der Waals surface area contributed by atoms with Gasteiger partial charge in [-0.15, -0.1) is 11.3 Å². The molecule has 2 N–H and O–H groups in total. The minimum Gasteiger partial charge on any atom is -0.393 e. The van der Waals surface area contributed by atoms with E-state index in [1.807, 2.05) is 54.8 Å². The Morgan fingerprint density at radius 2 is 1.91 bits per heavy atom. The number of hydrogen-bond donors (Lipinski definition) is 2. The number of thiophene rings is 1. The van der Waals surface area contributed by atoms with Gasteiger partial charge in [-0.2, -0.15) is 0 Å². The minimum atomic E-state index is -0.392. The number of aliphatic hydroxyl groups is 1. The highest BCUT2D eigenvalue weighted by atomic mass is 32.1. The Balaban J connectivity index is 1.97. The summed E-state index contributed by atoms with van der Waals surface area (Å²) in [6.45, 7) is 4.25. The average molecular weight is 317 g/mol. The van der Waals surface area contributed by atoms with E-state index in [1.165, 1.54) is 0 Å². The normalized spacial score (nSPS) is 15.0. The van der Waals surface area contributed by atoms with Gasteiger partial charge >= 0.3 is 0 Å². The molecule has 0 bridgehead atoms. The summed E-state index contributed by atoms with van der Waals surface area (Å²) < 4.78 is 0. The van der Waals surface area contributed by atoms with Crippen LogP contribution in [0.4, 0.5) is 0 Å². The summed E-state index contributed by atoms with van der Waals surface area (Å²) in [5.41, 5.74) is 1.15. The Labute approximate surface area is 136 Å². The summed E-state index contributed by atoms with van der Waals surface area (Å²) in [6, 6.07) is 14.0. The second kappa shape index (κ2) is 8.11. The molecule has 3 nitrogen and oxygen atoms in total. The summed E-state index contributed by atoms with van der Waals surface area (Å²) >= 11 is 1.60. The summed E-state index contributed by atoms with van der Waals surface area (Å²) in [7, 11) is 0. The molecule has 1 aromatic heterocycles. The van der Waals surface area contributed by atoms with E-state index in [0.29, 0.717) is 13.0 Å². The lowest BCUT2D eigenvalue weighted by molar-refractivity contribution is -0.122. The Bertz CT molecular complexity index is 566. The summed E-state index contributed by atoms with van der Waals surface area (Å²) in [4.78, 5) is 13.4. The van der Waals surface area contributed by atoms with E-state index >= 15 is 0 Å². The average Bonchev–Trinajstić information content (AvgIpc) is 3.05. The number of aliphatic hydroxyl groups excluding tert-OH is 1. The third-order valence-electron chi connectivity index (χ3n) is 3.78. The fourth-order valence-electron chi connectivity index (χ4n) is 2.52. The second-order valence-electron chi connectivity index (χ2n) is 5.67. The Kier molecular flexibility index (Phi) is 6.16. The molecule has 0 saturated carbocycles. The van der Waals surface area contributed by atoms with Crippen LogP contribution in [-0.2, 0) is 4.79 Å². The van der Waals surface area contributed by atoms with Crippen molar-refractivity contribution in [2.75, 3.05) is 6.54 Å². The molecule has 0 radical (unpaired) electrons. The van der Waals surface area contributed by atoms with Crippen molar-refractivity contribution in [2.45, 2.75) is 38.2 Å². The topological polar surface area (TPSA) is 49.3 Å². The van der Waals surface area contributed by atoms with Crippen LogP contribution < -0.4 is 5.32 Å². The number of benzene rings is 1.